The van der Waals surface area contributed by atoms with Gasteiger partial charge >= 0.3 is 0 Å². The monoisotopic (exact) mass is 397 g/mol. The van der Waals surface area contributed by atoms with Crippen LogP contribution < -0.4 is 10.6 Å². The number of benzene rings is 1. The number of piperidine rings is 1. The fourth-order valence-electron chi connectivity index (χ4n) is 4.22. The van der Waals surface area contributed by atoms with Crippen molar-refractivity contribution in [3.8, 4) is 0 Å². The van der Waals surface area contributed by atoms with Gasteiger partial charge in [-0.25, -0.2) is 4.68 Å². The minimum Gasteiger partial charge on any atom is -0.370 e. The summed E-state index contributed by atoms with van der Waals surface area (Å²) in [4.78, 5) is 14.8. The first-order valence-corrected chi connectivity index (χ1v) is 10.6. The summed E-state index contributed by atoms with van der Waals surface area (Å²) in [6.45, 7) is 3.77. The van der Waals surface area contributed by atoms with Crippen LogP contribution >= 0.6 is 11.3 Å². The lowest BCUT2D eigenvalue weighted by atomic mass is 9.83. The second kappa shape index (κ2) is 7.27. The lowest BCUT2D eigenvalue weighted by Crippen LogP contribution is -2.44. The van der Waals surface area contributed by atoms with Crippen LogP contribution in [-0.2, 0) is 23.3 Å². The van der Waals surface area contributed by atoms with E-state index >= 15 is 0 Å². The van der Waals surface area contributed by atoms with Crippen molar-refractivity contribution in [2.75, 3.05) is 26.2 Å². The normalized spacial score (nSPS) is 18.3. The Balaban J connectivity index is 1.27. The number of carbonyl (C=O) groups is 1. The van der Waals surface area contributed by atoms with Crippen LogP contribution in [0.1, 0.15) is 33.0 Å². The Morgan fingerprint density at radius 1 is 1.32 bits per heavy atom. The van der Waals surface area contributed by atoms with E-state index in [2.05, 4.69) is 27.0 Å². The van der Waals surface area contributed by atoms with Gasteiger partial charge in [0.05, 0.1) is 29.1 Å². The molecule has 0 aliphatic carbocycles. The van der Waals surface area contributed by atoms with Crippen LogP contribution in [0, 0.1) is 0 Å². The fourth-order valence-corrected chi connectivity index (χ4v) is 5.37. The third-order valence-electron chi connectivity index (χ3n) is 5.67. The Hall–Kier alpha value is -2.29. The average Bonchev–Trinajstić information content (AvgIpc) is 3.34. The molecule has 2 aliphatic heterocycles. The lowest BCUT2D eigenvalue weighted by Gasteiger charge is -2.40. The summed E-state index contributed by atoms with van der Waals surface area (Å²) in [5.41, 5.74) is 2.88. The van der Waals surface area contributed by atoms with Gasteiger partial charge in [-0.05, 0) is 49.7 Å². The molecule has 7 nitrogen and oxygen atoms in total. The van der Waals surface area contributed by atoms with Gasteiger partial charge in [-0.1, -0.05) is 17.3 Å². The Kier molecular flexibility index (Phi) is 4.62. The van der Waals surface area contributed by atoms with Crippen molar-refractivity contribution in [1.82, 2.24) is 25.6 Å². The van der Waals surface area contributed by atoms with Crippen LogP contribution in [0.25, 0.3) is 11.0 Å². The number of ether oxygens (including phenoxy) is 1. The molecule has 5 rings (SSSR count). The van der Waals surface area contributed by atoms with Crippen molar-refractivity contribution in [2.45, 2.75) is 31.4 Å². The molecule has 0 unspecified atom stereocenters. The first-order chi connectivity index (χ1) is 13.8. The van der Waals surface area contributed by atoms with E-state index in [-0.39, 0.29) is 11.5 Å². The number of aromatic nitrogens is 3. The number of fused-ring (bicyclic) bond motifs is 3. The Morgan fingerprint density at radius 3 is 3.07 bits per heavy atom. The Labute approximate surface area is 167 Å². The van der Waals surface area contributed by atoms with Gasteiger partial charge in [0.1, 0.15) is 5.52 Å². The zero-order valence-electron chi connectivity index (χ0n) is 15.6. The van der Waals surface area contributed by atoms with Crippen LogP contribution in [0.3, 0.4) is 0 Å². The maximum atomic E-state index is 12.7. The summed E-state index contributed by atoms with van der Waals surface area (Å²) in [6, 6.07) is 9.90. The highest BCUT2D eigenvalue weighted by Crippen LogP contribution is 2.43. The summed E-state index contributed by atoms with van der Waals surface area (Å²) < 4.78 is 8.04. The molecule has 8 heteroatoms. The van der Waals surface area contributed by atoms with Crippen molar-refractivity contribution in [3.63, 3.8) is 0 Å². The average molecular weight is 398 g/mol. The van der Waals surface area contributed by atoms with Gasteiger partial charge in [-0.2, -0.15) is 0 Å². The van der Waals surface area contributed by atoms with Gasteiger partial charge < -0.3 is 15.4 Å². The number of carbonyl (C=O) groups excluding carboxylic acids is 1. The first kappa shape index (κ1) is 17.8. The molecule has 146 valence electrons. The Morgan fingerprint density at radius 2 is 2.18 bits per heavy atom. The van der Waals surface area contributed by atoms with E-state index in [1.807, 2.05) is 28.9 Å². The lowest BCUT2D eigenvalue weighted by molar-refractivity contribution is -0.0792. The van der Waals surface area contributed by atoms with E-state index in [4.69, 9.17) is 4.74 Å². The molecule has 2 aromatic heterocycles. The summed E-state index contributed by atoms with van der Waals surface area (Å²) >= 11 is 1.61. The molecule has 0 bridgehead atoms. The highest BCUT2D eigenvalue weighted by atomic mass is 32.1. The molecule has 1 saturated heterocycles. The smallest absolute Gasteiger partial charge is 0.261 e. The second-order valence-corrected chi connectivity index (χ2v) is 8.48. The van der Waals surface area contributed by atoms with Crippen molar-refractivity contribution in [2.24, 2.45) is 0 Å². The summed E-state index contributed by atoms with van der Waals surface area (Å²) in [5, 5.41) is 14.8. The third-order valence-corrected chi connectivity index (χ3v) is 6.87. The predicted octanol–water partition coefficient (Wildman–Crippen LogP) is 2.07. The molecular weight excluding hydrogens is 374 g/mol. The maximum Gasteiger partial charge on any atom is 0.261 e. The van der Waals surface area contributed by atoms with Crippen LogP contribution in [0.5, 0.6) is 0 Å². The van der Waals surface area contributed by atoms with Crippen molar-refractivity contribution >= 4 is 28.3 Å². The molecule has 28 heavy (non-hydrogen) atoms. The Bertz CT molecular complexity index is 1010. The van der Waals surface area contributed by atoms with Gasteiger partial charge in [0.15, 0.2) is 0 Å². The molecule has 2 aliphatic rings. The third kappa shape index (κ3) is 3.11. The highest BCUT2D eigenvalue weighted by molar-refractivity contribution is 7.14. The summed E-state index contributed by atoms with van der Waals surface area (Å²) in [5.74, 6) is -0.0205. The van der Waals surface area contributed by atoms with Gasteiger partial charge in [0.2, 0.25) is 0 Å². The maximum absolute atomic E-state index is 12.7. The minimum absolute atomic E-state index is 0.0205. The molecule has 3 aromatic rings. The van der Waals surface area contributed by atoms with Gasteiger partial charge in [-0.3, -0.25) is 4.79 Å². The summed E-state index contributed by atoms with van der Waals surface area (Å²) in [7, 11) is 0. The standard InChI is InChI=1S/C20H23N5O2S/c26-19(22-10-11-25-16-4-2-1-3-15(16)23-24-25)18-13-14-17(28-18)5-12-27-20(14)6-8-21-9-7-20/h1-4,13,21H,5-12H2,(H,22,26). The van der Waals surface area contributed by atoms with Gasteiger partial charge in [-0.15, -0.1) is 16.4 Å². The molecule has 1 fully saturated rings. The van der Waals surface area contributed by atoms with Crippen LogP contribution in [0.15, 0.2) is 30.3 Å². The minimum atomic E-state index is -0.201. The zero-order valence-corrected chi connectivity index (χ0v) is 16.4. The van der Waals surface area contributed by atoms with Crippen LogP contribution in [0.4, 0.5) is 0 Å². The van der Waals surface area contributed by atoms with E-state index in [1.165, 1.54) is 10.4 Å². The zero-order chi connectivity index (χ0) is 19.0. The number of hydrogen-bond donors (Lipinski definition) is 2. The largest absolute Gasteiger partial charge is 0.370 e. The number of thiophene rings is 1. The molecular formula is C20H23N5O2S. The molecule has 2 N–H and O–H groups in total. The number of hydrogen-bond acceptors (Lipinski definition) is 6. The van der Waals surface area contributed by atoms with E-state index in [1.54, 1.807) is 11.3 Å². The van der Waals surface area contributed by atoms with E-state index in [9.17, 15) is 4.79 Å². The summed E-state index contributed by atoms with van der Waals surface area (Å²) in [6.07, 6.45) is 2.84. The fraction of sp³-hybridized carbons (Fsp3) is 0.450. The van der Waals surface area contributed by atoms with Crippen LogP contribution in [-0.4, -0.2) is 47.1 Å². The molecule has 0 radical (unpaired) electrons. The topological polar surface area (TPSA) is 81.1 Å². The van der Waals surface area contributed by atoms with Gasteiger partial charge in [0.25, 0.3) is 5.91 Å². The first-order valence-electron chi connectivity index (χ1n) is 9.79. The molecule has 4 heterocycles. The SMILES string of the molecule is O=C(NCCn1nnc2ccccc21)c1cc2c(s1)CCOC21CCNCC1. The number of para-hydroxylation sites is 1. The van der Waals surface area contributed by atoms with Crippen molar-refractivity contribution < 1.29 is 9.53 Å². The molecule has 1 aromatic carbocycles. The predicted molar refractivity (Wildman–Crippen MR) is 108 cm³/mol. The van der Waals surface area contributed by atoms with E-state index < -0.39 is 0 Å². The van der Waals surface area contributed by atoms with Gasteiger partial charge in [0, 0.05) is 17.8 Å². The quantitative estimate of drug-likeness (QED) is 0.705. The number of nitrogens with one attached hydrogen (secondary N) is 2. The second-order valence-electron chi connectivity index (χ2n) is 7.35. The van der Waals surface area contributed by atoms with E-state index in [0.717, 1.165) is 54.9 Å². The van der Waals surface area contributed by atoms with Crippen LogP contribution in [0.2, 0.25) is 0 Å². The molecule has 0 saturated carbocycles. The van der Waals surface area contributed by atoms with Crippen molar-refractivity contribution in [1.29, 1.82) is 0 Å². The molecule has 1 spiro atoms. The molecule has 0 atom stereocenters. The number of amides is 1. The van der Waals surface area contributed by atoms with Crippen molar-refractivity contribution in [3.05, 3.63) is 45.6 Å². The number of rotatable bonds is 4. The highest BCUT2D eigenvalue weighted by Gasteiger charge is 2.40. The number of nitrogens with zero attached hydrogens (tertiary/aromatic N) is 3. The van der Waals surface area contributed by atoms with E-state index in [0.29, 0.717) is 13.1 Å². The molecule has 1 amide bonds.